The van der Waals surface area contributed by atoms with Crippen molar-refractivity contribution in [3.8, 4) is 0 Å². The van der Waals surface area contributed by atoms with Crippen molar-refractivity contribution in [2.24, 2.45) is 0 Å². The van der Waals surface area contributed by atoms with Crippen LogP contribution in [0.15, 0.2) is 22.8 Å². The highest BCUT2D eigenvalue weighted by Gasteiger charge is 2.09. The topological polar surface area (TPSA) is 28.4 Å². The zero-order valence-corrected chi connectivity index (χ0v) is 9.99. The van der Waals surface area contributed by atoms with Gasteiger partial charge in [0.2, 0.25) is 0 Å². The fourth-order valence-corrected chi connectivity index (χ4v) is 1.51. The van der Waals surface area contributed by atoms with E-state index in [0.29, 0.717) is 6.04 Å². The molecule has 0 fully saturated rings. The summed E-state index contributed by atoms with van der Waals surface area (Å²) in [6.45, 7) is 7.41. The maximum Gasteiger partial charge on any atom is 0.117 e. The van der Waals surface area contributed by atoms with Gasteiger partial charge in [-0.05, 0) is 45.6 Å². The molecule has 0 saturated carbocycles. The van der Waals surface area contributed by atoms with Gasteiger partial charge in [0.05, 0.1) is 12.8 Å². The molecule has 1 aromatic heterocycles. The van der Waals surface area contributed by atoms with Crippen molar-refractivity contribution < 1.29 is 4.42 Å². The molecule has 1 unspecified atom stereocenters. The second-order valence-electron chi connectivity index (χ2n) is 3.99. The first-order chi connectivity index (χ1) is 7.24. The van der Waals surface area contributed by atoms with E-state index in [2.05, 4.69) is 31.1 Å². The van der Waals surface area contributed by atoms with E-state index in [0.717, 1.165) is 25.4 Å². The van der Waals surface area contributed by atoms with E-state index >= 15 is 0 Å². The Balaban J connectivity index is 2.23. The van der Waals surface area contributed by atoms with Gasteiger partial charge in [-0.25, -0.2) is 0 Å². The largest absolute Gasteiger partial charge is 0.468 e. The van der Waals surface area contributed by atoms with Crippen LogP contribution in [-0.4, -0.2) is 31.1 Å². The smallest absolute Gasteiger partial charge is 0.117 e. The Kier molecular flexibility index (Phi) is 5.43. The van der Waals surface area contributed by atoms with Crippen LogP contribution in [-0.2, 0) is 6.54 Å². The average molecular weight is 210 g/mol. The van der Waals surface area contributed by atoms with Gasteiger partial charge >= 0.3 is 0 Å². The molecule has 1 heterocycles. The second kappa shape index (κ2) is 6.64. The SMILES string of the molecule is CCNCCC(C)N(C)Cc1ccco1. The van der Waals surface area contributed by atoms with Crippen molar-refractivity contribution in [2.45, 2.75) is 32.9 Å². The number of hydrogen-bond donors (Lipinski definition) is 1. The number of nitrogens with zero attached hydrogens (tertiary/aromatic N) is 1. The third kappa shape index (κ3) is 4.49. The Hall–Kier alpha value is -0.800. The van der Waals surface area contributed by atoms with E-state index in [1.165, 1.54) is 6.42 Å². The van der Waals surface area contributed by atoms with Crippen LogP contribution in [0.2, 0.25) is 0 Å². The molecular formula is C12H22N2O. The van der Waals surface area contributed by atoms with Gasteiger partial charge in [0.25, 0.3) is 0 Å². The van der Waals surface area contributed by atoms with E-state index in [1.54, 1.807) is 6.26 Å². The Morgan fingerprint density at radius 2 is 2.33 bits per heavy atom. The molecule has 0 aliphatic rings. The first-order valence-electron chi connectivity index (χ1n) is 5.67. The maximum absolute atomic E-state index is 5.32. The van der Waals surface area contributed by atoms with Crippen LogP contribution in [0.3, 0.4) is 0 Å². The fourth-order valence-electron chi connectivity index (χ4n) is 1.51. The van der Waals surface area contributed by atoms with Crippen LogP contribution in [0, 0.1) is 0 Å². The Morgan fingerprint density at radius 1 is 1.53 bits per heavy atom. The molecule has 0 aliphatic carbocycles. The third-order valence-electron chi connectivity index (χ3n) is 2.73. The number of furan rings is 1. The normalized spacial score (nSPS) is 13.3. The summed E-state index contributed by atoms with van der Waals surface area (Å²) in [6.07, 6.45) is 2.90. The van der Waals surface area contributed by atoms with Crippen molar-refractivity contribution in [2.75, 3.05) is 20.1 Å². The average Bonchev–Trinajstić information content (AvgIpc) is 2.70. The first-order valence-corrected chi connectivity index (χ1v) is 5.67. The van der Waals surface area contributed by atoms with Crippen molar-refractivity contribution in [1.29, 1.82) is 0 Å². The third-order valence-corrected chi connectivity index (χ3v) is 2.73. The van der Waals surface area contributed by atoms with E-state index in [-0.39, 0.29) is 0 Å². The predicted octanol–water partition coefficient (Wildman–Crippen LogP) is 2.10. The van der Waals surface area contributed by atoms with E-state index < -0.39 is 0 Å². The molecule has 1 N–H and O–H groups in total. The summed E-state index contributed by atoms with van der Waals surface area (Å²) < 4.78 is 5.32. The summed E-state index contributed by atoms with van der Waals surface area (Å²) >= 11 is 0. The van der Waals surface area contributed by atoms with Gasteiger partial charge in [0.15, 0.2) is 0 Å². The van der Waals surface area contributed by atoms with Crippen LogP contribution < -0.4 is 5.32 Å². The molecule has 0 aromatic carbocycles. The summed E-state index contributed by atoms with van der Waals surface area (Å²) in [4.78, 5) is 2.32. The molecule has 0 bridgehead atoms. The summed E-state index contributed by atoms with van der Waals surface area (Å²) in [6, 6.07) is 4.54. The van der Waals surface area contributed by atoms with Crippen LogP contribution in [0.1, 0.15) is 26.0 Å². The van der Waals surface area contributed by atoms with Crippen molar-refractivity contribution >= 4 is 0 Å². The number of hydrogen-bond acceptors (Lipinski definition) is 3. The monoisotopic (exact) mass is 210 g/mol. The minimum Gasteiger partial charge on any atom is -0.468 e. The van der Waals surface area contributed by atoms with Gasteiger partial charge in [0, 0.05) is 6.04 Å². The molecule has 0 aliphatic heterocycles. The van der Waals surface area contributed by atoms with Crippen LogP contribution in [0.4, 0.5) is 0 Å². The molecule has 0 spiro atoms. The Morgan fingerprint density at radius 3 is 2.93 bits per heavy atom. The van der Waals surface area contributed by atoms with Gasteiger partial charge < -0.3 is 9.73 Å². The molecule has 1 aromatic rings. The van der Waals surface area contributed by atoms with Crippen LogP contribution in [0.5, 0.6) is 0 Å². The highest BCUT2D eigenvalue weighted by Crippen LogP contribution is 2.08. The standard InChI is InChI=1S/C12H22N2O/c1-4-13-8-7-11(2)14(3)10-12-6-5-9-15-12/h5-6,9,11,13H,4,7-8,10H2,1-3H3. The summed E-state index contributed by atoms with van der Waals surface area (Å²) in [5.41, 5.74) is 0. The van der Waals surface area contributed by atoms with E-state index in [9.17, 15) is 0 Å². The molecule has 0 amide bonds. The molecule has 3 nitrogen and oxygen atoms in total. The van der Waals surface area contributed by atoms with Crippen molar-refractivity contribution in [1.82, 2.24) is 10.2 Å². The molecule has 0 radical (unpaired) electrons. The molecule has 0 saturated heterocycles. The molecule has 1 rings (SSSR count). The highest BCUT2D eigenvalue weighted by molar-refractivity contribution is 4.97. The minimum atomic E-state index is 0.578. The molecule has 1 atom stereocenters. The van der Waals surface area contributed by atoms with Crippen LogP contribution >= 0.6 is 0 Å². The van der Waals surface area contributed by atoms with E-state index in [4.69, 9.17) is 4.42 Å². The highest BCUT2D eigenvalue weighted by atomic mass is 16.3. The zero-order chi connectivity index (χ0) is 11.1. The molecule has 3 heteroatoms. The lowest BCUT2D eigenvalue weighted by Crippen LogP contribution is -2.31. The van der Waals surface area contributed by atoms with Gasteiger partial charge in [-0.2, -0.15) is 0 Å². The number of nitrogens with one attached hydrogen (secondary N) is 1. The quantitative estimate of drug-likeness (QED) is 0.699. The van der Waals surface area contributed by atoms with Gasteiger partial charge in [0.1, 0.15) is 5.76 Å². The molecule has 86 valence electrons. The van der Waals surface area contributed by atoms with Gasteiger partial charge in [-0.1, -0.05) is 6.92 Å². The van der Waals surface area contributed by atoms with E-state index in [1.807, 2.05) is 12.1 Å². The minimum absolute atomic E-state index is 0.578. The number of rotatable bonds is 7. The lowest BCUT2D eigenvalue weighted by atomic mass is 10.2. The summed E-state index contributed by atoms with van der Waals surface area (Å²) in [5.74, 6) is 1.04. The van der Waals surface area contributed by atoms with Crippen LogP contribution in [0.25, 0.3) is 0 Å². The zero-order valence-electron chi connectivity index (χ0n) is 9.99. The molecular weight excluding hydrogens is 188 g/mol. The Labute approximate surface area is 92.5 Å². The lowest BCUT2D eigenvalue weighted by molar-refractivity contribution is 0.219. The predicted molar refractivity (Wildman–Crippen MR) is 62.8 cm³/mol. The second-order valence-corrected chi connectivity index (χ2v) is 3.99. The lowest BCUT2D eigenvalue weighted by Gasteiger charge is -2.23. The Bertz CT molecular complexity index is 246. The summed E-state index contributed by atoms with van der Waals surface area (Å²) in [7, 11) is 2.14. The molecule has 15 heavy (non-hydrogen) atoms. The van der Waals surface area contributed by atoms with Gasteiger partial charge in [-0.3, -0.25) is 4.90 Å². The van der Waals surface area contributed by atoms with Gasteiger partial charge in [-0.15, -0.1) is 0 Å². The fraction of sp³-hybridized carbons (Fsp3) is 0.667. The van der Waals surface area contributed by atoms with Crippen molar-refractivity contribution in [3.63, 3.8) is 0 Å². The van der Waals surface area contributed by atoms with Crippen molar-refractivity contribution in [3.05, 3.63) is 24.2 Å². The maximum atomic E-state index is 5.32. The first kappa shape index (κ1) is 12.3. The summed E-state index contributed by atoms with van der Waals surface area (Å²) in [5, 5.41) is 3.34.